The summed E-state index contributed by atoms with van der Waals surface area (Å²) in [6.45, 7) is 1.98. The fourth-order valence-corrected chi connectivity index (χ4v) is 1.99. The number of amides is 1. The summed E-state index contributed by atoms with van der Waals surface area (Å²) in [4.78, 5) is 13.1. The van der Waals surface area contributed by atoms with Crippen molar-refractivity contribution in [2.24, 2.45) is 5.73 Å². The largest absolute Gasteiger partial charge is 0.416 e. The smallest absolute Gasteiger partial charge is 0.378 e. The molecule has 104 valence electrons. The van der Waals surface area contributed by atoms with Crippen molar-refractivity contribution in [1.82, 2.24) is 0 Å². The van der Waals surface area contributed by atoms with Crippen LogP contribution in [-0.4, -0.2) is 32.2 Å². The number of nitrogens with zero attached hydrogens (tertiary/aromatic N) is 1. The molecule has 1 amide bonds. The number of nitrogens with two attached hydrogens (primary N) is 1. The van der Waals surface area contributed by atoms with E-state index < -0.39 is 17.6 Å². The van der Waals surface area contributed by atoms with E-state index in [2.05, 4.69) is 0 Å². The summed E-state index contributed by atoms with van der Waals surface area (Å²) in [5, 5.41) is 0. The van der Waals surface area contributed by atoms with Crippen molar-refractivity contribution in [3.8, 4) is 0 Å². The average Bonchev–Trinajstić information content (AvgIpc) is 2.38. The average molecular weight is 274 g/mol. The number of morpholine rings is 1. The van der Waals surface area contributed by atoms with Crippen molar-refractivity contribution in [3.05, 3.63) is 29.3 Å². The van der Waals surface area contributed by atoms with Gasteiger partial charge >= 0.3 is 6.18 Å². The third-order valence-corrected chi connectivity index (χ3v) is 2.94. The Balaban J connectivity index is 2.40. The Labute approximate surface area is 107 Å². The molecule has 0 radical (unpaired) electrons. The molecular weight excluding hydrogens is 261 g/mol. The van der Waals surface area contributed by atoms with Gasteiger partial charge in [0.25, 0.3) is 5.91 Å². The normalized spacial score (nSPS) is 16.5. The first-order chi connectivity index (χ1) is 8.89. The van der Waals surface area contributed by atoms with Crippen LogP contribution >= 0.6 is 0 Å². The molecule has 1 saturated heterocycles. The van der Waals surface area contributed by atoms with Crippen molar-refractivity contribution in [2.45, 2.75) is 6.18 Å². The van der Waals surface area contributed by atoms with E-state index in [-0.39, 0.29) is 5.56 Å². The highest BCUT2D eigenvalue weighted by Crippen LogP contribution is 2.33. The quantitative estimate of drug-likeness (QED) is 0.892. The molecule has 4 nitrogen and oxygen atoms in total. The highest BCUT2D eigenvalue weighted by molar-refractivity contribution is 5.99. The number of alkyl halides is 3. The highest BCUT2D eigenvalue weighted by atomic mass is 19.4. The minimum Gasteiger partial charge on any atom is -0.378 e. The monoisotopic (exact) mass is 274 g/mol. The Morgan fingerprint density at radius 3 is 2.42 bits per heavy atom. The van der Waals surface area contributed by atoms with Crippen molar-refractivity contribution in [1.29, 1.82) is 0 Å². The van der Waals surface area contributed by atoms with Crippen LogP contribution < -0.4 is 10.6 Å². The number of anilines is 1. The molecule has 2 rings (SSSR count). The lowest BCUT2D eigenvalue weighted by Crippen LogP contribution is -2.37. The van der Waals surface area contributed by atoms with Gasteiger partial charge in [-0.25, -0.2) is 0 Å². The van der Waals surface area contributed by atoms with Gasteiger partial charge in [-0.3, -0.25) is 4.79 Å². The number of halogens is 3. The molecule has 0 saturated carbocycles. The molecule has 0 bridgehead atoms. The number of carbonyl (C=O) groups excluding carboxylic acids is 1. The van der Waals surface area contributed by atoms with Crippen molar-refractivity contribution in [3.63, 3.8) is 0 Å². The van der Waals surface area contributed by atoms with E-state index >= 15 is 0 Å². The lowest BCUT2D eigenvalue weighted by molar-refractivity contribution is -0.137. The van der Waals surface area contributed by atoms with Crippen LogP contribution in [0.2, 0.25) is 0 Å². The van der Waals surface area contributed by atoms with Gasteiger partial charge in [-0.2, -0.15) is 13.2 Å². The first-order valence-corrected chi connectivity index (χ1v) is 5.73. The Morgan fingerprint density at radius 2 is 1.89 bits per heavy atom. The zero-order chi connectivity index (χ0) is 14.0. The zero-order valence-corrected chi connectivity index (χ0v) is 10.0. The second-order valence-electron chi connectivity index (χ2n) is 4.19. The molecule has 2 N–H and O–H groups in total. The van der Waals surface area contributed by atoms with E-state index in [1.807, 2.05) is 0 Å². The third-order valence-electron chi connectivity index (χ3n) is 2.94. The van der Waals surface area contributed by atoms with Crippen molar-refractivity contribution < 1.29 is 22.7 Å². The standard InChI is InChI=1S/C12H13F3N2O2/c13-12(14,15)8-1-2-10(9(7-8)11(16)18)17-3-5-19-6-4-17/h1-2,7H,3-6H2,(H2,16,18). The number of rotatable bonds is 2. The van der Waals surface area contributed by atoms with Gasteiger partial charge in [0.15, 0.2) is 0 Å². The van der Waals surface area contributed by atoms with Crippen LogP contribution in [0.25, 0.3) is 0 Å². The Bertz CT molecular complexity index is 482. The number of benzene rings is 1. The van der Waals surface area contributed by atoms with E-state index in [0.29, 0.717) is 32.0 Å². The molecule has 1 aromatic carbocycles. The topological polar surface area (TPSA) is 55.6 Å². The second-order valence-corrected chi connectivity index (χ2v) is 4.19. The number of primary amides is 1. The molecule has 0 atom stereocenters. The molecule has 1 aliphatic heterocycles. The van der Waals surface area contributed by atoms with Crippen LogP contribution in [0.4, 0.5) is 18.9 Å². The molecule has 7 heteroatoms. The zero-order valence-electron chi connectivity index (χ0n) is 10.0. The molecule has 0 aromatic heterocycles. The molecule has 1 heterocycles. The number of hydrogen-bond donors (Lipinski definition) is 1. The van der Waals surface area contributed by atoms with Gasteiger partial charge in [0.05, 0.1) is 24.3 Å². The van der Waals surface area contributed by atoms with Gasteiger partial charge in [0.1, 0.15) is 0 Å². The van der Waals surface area contributed by atoms with Gasteiger partial charge < -0.3 is 15.4 Å². The minimum absolute atomic E-state index is 0.114. The van der Waals surface area contributed by atoms with Gasteiger partial charge in [0.2, 0.25) is 0 Å². The fourth-order valence-electron chi connectivity index (χ4n) is 1.99. The van der Waals surface area contributed by atoms with Crippen LogP contribution in [0.15, 0.2) is 18.2 Å². The Morgan fingerprint density at radius 1 is 1.26 bits per heavy atom. The van der Waals surface area contributed by atoms with Gasteiger partial charge in [0, 0.05) is 18.8 Å². The van der Waals surface area contributed by atoms with Crippen LogP contribution in [0.1, 0.15) is 15.9 Å². The summed E-state index contributed by atoms with van der Waals surface area (Å²) < 4.78 is 43.0. The van der Waals surface area contributed by atoms with E-state index in [1.165, 1.54) is 6.07 Å². The number of hydrogen-bond acceptors (Lipinski definition) is 3. The summed E-state index contributed by atoms with van der Waals surface area (Å²) in [5.41, 5.74) is 4.60. The van der Waals surface area contributed by atoms with E-state index in [4.69, 9.17) is 10.5 Å². The van der Waals surface area contributed by atoms with E-state index in [9.17, 15) is 18.0 Å². The first-order valence-electron chi connectivity index (χ1n) is 5.73. The van der Waals surface area contributed by atoms with Crippen molar-refractivity contribution in [2.75, 3.05) is 31.2 Å². The molecule has 0 spiro atoms. The minimum atomic E-state index is -4.49. The highest BCUT2D eigenvalue weighted by Gasteiger charge is 2.32. The summed E-state index contributed by atoms with van der Waals surface area (Å²) in [7, 11) is 0. The van der Waals surface area contributed by atoms with Gasteiger partial charge in [-0.1, -0.05) is 0 Å². The molecule has 0 aliphatic carbocycles. The summed E-state index contributed by atoms with van der Waals surface area (Å²) in [6.07, 6.45) is -4.49. The lowest BCUT2D eigenvalue weighted by Gasteiger charge is -2.30. The fraction of sp³-hybridized carbons (Fsp3) is 0.417. The van der Waals surface area contributed by atoms with Gasteiger partial charge in [-0.05, 0) is 18.2 Å². The molecule has 1 fully saturated rings. The predicted molar refractivity (Wildman–Crippen MR) is 63.0 cm³/mol. The van der Waals surface area contributed by atoms with E-state index in [1.54, 1.807) is 4.90 Å². The van der Waals surface area contributed by atoms with Crippen molar-refractivity contribution >= 4 is 11.6 Å². The number of carbonyl (C=O) groups is 1. The Kier molecular flexibility index (Phi) is 3.66. The Hall–Kier alpha value is -1.76. The predicted octanol–water partition coefficient (Wildman–Crippen LogP) is 1.64. The SMILES string of the molecule is NC(=O)c1cc(C(F)(F)F)ccc1N1CCOCC1. The maximum absolute atomic E-state index is 12.6. The van der Waals surface area contributed by atoms with E-state index in [0.717, 1.165) is 12.1 Å². The second kappa shape index (κ2) is 5.08. The number of ether oxygens (including phenoxy) is 1. The summed E-state index contributed by atoms with van der Waals surface area (Å²) >= 11 is 0. The van der Waals surface area contributed by atoms with Crippen LogP contribution in [0, 0.1) is 0 Å². The molecule has 0 unspecified atom stereocenters. The maximum atomic E-state index is 12.6. The molecule has 1 aliphatic rings. The van der Waals surface area contributed by atoms with Crippen LogP contribution in [0.5, 0.6) is 0 Å². The van der Waals surface area contributed by atoms with Crippen LogP contribution in [-0.2, 0) is 10.9 Å². The van der Waals surface area contributed by atoms with Crippen LogP contribution in [0.3, 0.4) is 0 Å². The summed E-state index contributed by atoms with van der Waals surface area (Å²) in [5.74, 6) is -0.868. The first kappa shape index (κ1) is 13.7. The summed E-state index contributed by atoms with van der Waals surface area (Å²) in [6, 6.07) is 3.04. The molecular formula is C12H13F3N2O2. The molecule has 1 aromatic rings. The lowest BCUT2D eigenvalue weighted by atomic mass is 10.1. The maximum Gasteiger partial charge on any atom is 0.416 e. The third kappa shape index (κ3) is 2.98. The molecule has 19 heavy (non-hydrogen) atoms. The van der Waals surface area contributed by atoms with Gasteiger partial charge in [-0.15, -0.1) is 0 Å².